The molecular weight excluding hydrogens is 396 g/mol. The first-order valence-electron chi connectivity index (χ1n) is 8.46. The van der Waals surface area contributed by atoms with Crippen LogP contribution >= 0.6 is 11.6 Å². The maximum absolute atomic E-state index is 12.0. The number of nitro groups is 1. The number of rotatable bonds is 4. The van der Waals surface area contributed by atoms with Crippen molar-refractivity contribution < 1.29 is 14.5 Å². The van der Waals surface area contributed by atoms with Gasteiger partial charge in [0.2, 0.25) is 0 Å². The molecule has 0 aliphatic heterocycles. The van der Waals surface area contributed by atoms with Crippen LogP contribution in [0.4, 0.5) is 16.2 Å². The minimum atomic E-state index is -0.625. The molecule has 1 N–H and O–H groups in total. The highest BCUT2D eigenvalue weighted by atomic mass is 35.5. The molecule has 29 heavy (non-hydrogen) atoms. The SMILES string of the molecule is O=C(Nc1ccc(Cl)cc1)Oc1ccc(-c2cn3cc([N+](=O)[O-])ccc3n2)cc1. The number of nitrogens with one attached hydrogen (secondary N) is 1. The van der Waals surface area contributed by atoms with Crippen molar-refractivity contribution in [3.63, 3.8) is 0 Å². The maximum atomic E-state index is 12.0. The second-order valence-electron chi connectivity index (χ2n) is 6.08. The van der Waals surface area contributed by atoms with Crippen LogP contribution in [0.3, 0.4) is 0 Å². The molecule has 0 bridgehead atoms. The standard InChI is InChI=1S/C20H13ClN4O4/c21-14-3-5-15(6-4-14)22-20(26)29-17-8-1-13(2-9-17)18-12-24-11-16(25(27)28)7-10-19(24)23-18/h1-12H,(H,22,26). The summed E-state index contributed by atoms with van der Waals surface area (Å²) in [7, 11) is 0. The number of hydrogen-bond acceptors (Lipinski definition) is 5. The van der Waals surface area contributed by atoms with Gasteiger partial charge in [-0.25, -0.2) is 9.78 Å². The van der Waals surface area contributed by atoms with E-state index in [4.69, 9.17) is 16.3 Å². The number of ether oxygens (including phenoxy) is 1. The molecule has 144 valence electrons. The monoisotopic (exact) mass is 408 g/mol. The zero-order valence-electron chi connectivity index (χ0n) is 14.8. The minimum absolute atomic E-state index is 0.0168. The Morgan fingerprint density at radius 2 is 1.76 bits per heavy atom. The zero-order chi connectivity index (χ0) is 20.4. The number of aromatic nitrogens is 2. The van der Waals surface area contributed by atoms with Gasteiger partial charge in [-0.3, -0.25) is 19.8 Å². The summed E-state index contributed by atoms with van der Waals surface area (Å²) >= 11 is 5.81. The van der Waals surface area contributed by atoms with Gasteiger partial charge in [0.05, 0.1) is 16.8 Å². The van der Waals surface area contributed by atoms with Crippen molar-refractivity contribution in [2.75, 3.05) is 5.32 Å². The van der Waals surface area contributed by atoms with Gasteiger partial charge in [0.25, 0.3) is 5.69 Å². The van der Waals surface area contributed by atoms with E-state index in [0.717, 1.165) is 5.56 Å². The van der Waals surface area contributed by atoms with E-state index >= 15 is 0 Å². The van der Waals surface area contributed by atoms with Gasteiger partial charge >= 0.3 is 6.09 Å². The fraction of sp³-hybridized carbons (Fsp3) is 0. The summed E-state index contributed by atoms with van der Waals surface area (Å²) in [6, 6.07) is 16.4. The number of imidazole rings is 1. The van der Waals surface area contributed by atoms with Crippen LogP contribution in [0.25, 0.3) is 16.9 Å². The van der Waals surface area contributed by atoms with Crippen molar-refractivity contribution in [3.05, 3.63) is 88.2 Å². The molecule has 0 aliphatic rings. The summed E-state index contributed by atoms with van der Waals surface area (Å²) in [6.45, 7) is 0. The smallest absolute Gasteiger partial charge is 0.410 e. The van der Waals surface area contributed by atoms with Gasteiger partial charge in [-0.1, -0.05) is 11.6 Å². The number of halogens is 1. The topological polar surface area (TPSA) is 98.8 Å². The highest BCUT2D eigenvalue weighted by Crippen LogP contribution is 2.24. The molecule has 0 saturated carbocycles. The molecule has 0 radical (unpaired) electrons. The van der Waals surface area contributed by atoms with Gasteiger partial charge in [-0.15, -0.1) is 0 Å². The van der Waals surface area contributed by atoms with E-state index in [1.54, 1.807) is 65.2 Å². The van der Waals surface area contributed by atoms with E-state index in [2.05, 4.69) is 10.3 Å². The van der Waals surface area contributed by atoms with E-state index in [1.807, 2.05) is 0 Å². The molecule has 2 heterocycles. The highest BCUT2D eigenvalue weighted by molar-refractivity contribution is 6.30. The summed E-state index contributed by atoms with van der Waals surface area (Å²) in [6.07, 6.45) is 2.48. The normalized spacial score (nSPS) is 10.7. The fourth-order valence-electron chi connectivity index (χ4n) is 2.70. The predicted molar refractivity (Wildman–Crippen MR) is 108 cm³/mol. The minimum Gasteiger partial charge on any atom is -0.410 e. The lowest BCUT2D eigenvalue weighted by Gasteiger charge is -2.07. The Hall–Kier alpha value is -3.91. The van der Waals surface area contributed by atoms with Crippen LogP contribution in [0.2, 0.25) is 5.02 Å². The summed E-state index contributed by atoms with van der Waals surface area (Å²) in [5.74, 6) is 0.361. The van der Waals surface area contributed by atoms with Crippen LogP contribution in [0.5, 0.6) is 5.75 Å². The zero-order valence-corrected chi connectivity index (χ0v) is 15.5. The first-order chi connectivity index (χ1) is 14.0. The van der Waals surface area contributed by atoms with Gasteiger partial charge in [0.1, 0.15) is 11.4 Å². The van der Waals surface area contributed by atoms with Crippen molar-refractivity contribution in [1.82, 2.24) is 9.38 Å². The Morgan fingerprint density at radius 1 is 1.03 bits per heavy atom. The molecule has 0 unspecified atom stereocenters. The van der Waals surface area contributed by atoms with E-state index in [9.17, 15) is 14.9 Å². The van der Waals surface area contributed by atoms with Gasteiger partial charge < -0.3 is 4.74 Å². The largest absolute Gasteiger partial charge is 0.417 e. The predicted octanol–water partition coefficient (Wildman–Crippen LogP) is 5.17. The van der Waals surface area contributed by atoms with Crippen molar-refractivity contribution in [2.45, 2.75) is 0 Å². The second-order valence-corrected chi connectivity index (χ2v) is 6.52. The van der Waals surface area contributed by atoms with Gasteiger partial charge in [0, 0.05) is 28.5 Å². The first-order valence-corrected chi connectivity index (χ1v) is 8.84. The Bertz CT molecular complexity index is 1200. The third-order valence-corrected chi connectivity index (χ3v) is 4.35. The number of nitrogens with zero attached hydrogens (tertiary/aromatic N) is 3. The Balaban J connectivity index is 1.47. The molecule has 0 fully saturated rings. The number of pyridine rings is 1. The second kappa shape index (κ2) is 7.61. The van der Waals surface area contributed by atoms with Gasteiger partial charge in [0.15, 0.2) is 0 Å². The molecule has 0 atom stereocenters. The average molecular weight is 409 g/mol. The molecule has 1 amide bonds. The van der Waals surface area contributed by atoms with Crippen LogP contribution in [0.15, 0.2) is 73.1 Å². The van der Waals surface area contributed by atoms with Crippen molar-refractivity contribution in [3.8, 4) is 17.0 Å². The summed E-state index contributed by atoms with van der Waals surface area (Å²) < 4.78 is 6.85. The quantitative estimate of drug-likeness (QED) is 0.371. The number of carbonyl (C=O) groups excluding carboxylic acids is 1. The van der Waals surface area contributed by atoms with Gasteiger partial charge in [-0.2, -0.15) is 0 Å². The molecular formula is C20H13ClN4O4. The van der Waals surface area contributed by atoms with Gasteiger partial charge in [-0.05, 0) is 54.6 Å². The third-order valence-electron chi connectivity index (χ3n) is 4.10. The molecule has 2 aromatic carbocycles. The summed E-state index contributed by atoms with van der Waals surface area (Å²) in [5.41, 5.74) is 2.56. The molecule has 0 spiro atoms. The number of anilines is 1. The molecule has 8 nitrogen and oxygen atoms in total. The van der Waals surface area contributed by atoms with Crippen molar-refractivity contribution in [1.29, 1.82) is 0 Å². The molecule has 9 heteroatoms. The molecule has 4 rings (SSSR count). The molecule has 0 saturated heterocycles. The first kappa shape index (κ1) is 18.5. The Kier molecular flexibility index (Phi) is 4.84. The van der Waals surface area contributed by atoms with E-state index in [1.165, 1.54) is 12.3 Å². The average Bonchev–Trinajstić information content (AvgIpc) is 3.13. The lowest BCUT2D eigenvalue weighted by Crippen LogP contribution is -2.16. The van der Waals surface area contributed by atoms with E-state index in [0.29, 0.717) is 27.8 Å². The van der Waals surface area contributed by atoms with E-state index in [-0.39, 0.29) is 5.69 Å². The third kappa shape index (κ3) is 4.17. The van der Waals surface area contributed by atoms with Crippen molar-refractivity contribution >= 4 is 34.7 Å². The van der Waals surface area contributed by atoms with Crippen LogP contribution in [-0.4, -0.2) is 20.4 Å². The lowest BCUT2D eigenvalue weighted by molar-refractivity contribution is -0.385. The maximum Gasteiger partial charge on any atom is 0.417 e. The summed E-state index contributed by atoms with van der Waals surface area (Å²) in [5, 5.41) is 14.1. The number of benzene rings is 2. The highest BCUT2D eigenvalue weighted by Gasteiger charge is 2.10. The molecule has 4 aromatic rings. The molecule has 0 aliphatic carbocycles. The molecule has 2 aromatic heterocycles. The lowest BCUT2D eigenvalue weighted by atomic mass is 10.2. The van der Waals surface area contributed by atoms with Crippen LogP contribution in [0, 0.1) is 10.1 Å². The number of carbonyl (C=O) groups is 1. The van der Waals surface area contributed by atoms with E-state index < -0.39 is 11.0 Å². The fourth-order valence-corrected chi connectivity index (χ4v) is 2.83. The Labute approximate surface area is 169 Å². The number of hydrogen-bond donors (Lipinski definition) is 1. The number of amides is 1. The van der Waals surface area contributed by atoms with Crippen LogP contribution < -0.4 is 10.1 Å². The van der Waals surface area contributed by atoms with Crippen molar-refractivity contribution in [2.24, 2.45) is 0 Å². The number of fused-ring (bicyclic) bond motifs is 1. The van der Waals surface area contributed by atoms with Crippen LogP contribution in [-0.2, 0) is 0 Å². The summed E-state index contributed by atoms with van der Waals surface area (Å²) in [4.78, 5) is 26.9. The van der Waals surface area contributed by atoms with Crippen LogP contribution in [0.1, 0.15) is 0 Å². The Morgan fingerprint density at radius 3 is 2.45 bits per heavy atom.